The standard InChI is InChI=1S/C14H19N3O2S/c1-10-4-5-11(2)14(13(10)16)20(18,19)17(9-3-8-15)12-6-7-12/h4-5,12H,3,6-7,9,16H2,1-2H3. The first-order chi connectivity index (χ1) is 9.39. The molecular formula is C14H19N3O2S. The van der Waals surface area contributed by atoms with Gasteiger partial charge in [0.25, 0.3) is 0 Å². The van der Waals surface area contributed by atoms with E-state index in [4.69, 9.17) is 11.0 Å². The Morgan fingerprint density at radius 2 is 1.95 bits per heavy atom. The average molecular weight is 293 g/mol. The second kappa shape index (κ2) is 5.43. The highest BCUT2D eigenvalue weighted by Gasteiger charge is 2.39. The molecule has 2 N–H and O–H groups in total. The Hall–Kier alpha value is -1.58. The van der Waals surface area contributed by atoms with Gasteiger partial charge in [0.2, 0.25) is 10.0 Å². The van der Waals surface area contributed by atoms with Crippen LogP contribution in [0.1, 0.15) is 30.4 Å². The largest absolute Gasteiger partial charge is 0.397 e. The van der Waals surface area contributed by atoms with Crippen molar-refractivity contribution in [1.82, 2.24) is 4.31 Å². The molecule has 0 saturated heterocycles. The predicted octanol–water partition coefficient (Wildman–Crippen LogP) is 1.95. The monoisotopic (exact) mass is 293 g/mol. The number of nitrogens with two attached hydrogens (primary N) is 1. The van der Waals surface area contributed by atoms with Crippen LogP contribution in [0.25, 0.3) is 0 Å². The van der Waals surface area contributed by atoms with Crippen LogP contribution in [0, 0.1) is 25.2 Å². The number of aryl methyl sites for hydroxylation is 2. The third-order valence-corrected chi connectivity index (χ3v) is 5.73. The maximum Gasteiger partial charge on any atom is 0.245 e. The number of hydrogen-bond acceptors (Lipinski definition) is 4. The van der Waals surface area contributed by atoms with Gasteiger partial charge >= 0.3 is 0 Å². The van der Waals surface area contributed by atoms with Crippen molar-refractivity contribution in [3.8, 4) is 6.07 Å². The van der Waals surface area contributed by atoms with E-state index in [1.807, 2.05) is 12.1 Å². The molecule has 0 heterocycles. The van der Waals surface area contributed by atoms with E-state index >= 15 is 0 Å². The Bertz CT molecular complexity index is 658. The van der Waals surface area contributed by atoms with Crippen LogP contribution in [-0.2, 0) is 10.0 Å². The predicted molar refractivity (Wildman–Crippen MR) is 77.5 cm³/mol. The molecule has 0 amide bonds. The molecule has 20 heavy (non-hydrogen) atoms. The van der Waals surface area contributed by atoms with E-state index < -0.39 is 10.0 Å². The minimum atomic E-state index is -3.64. The molecule has 0 spiro atoms. The SMILES string of the molecule is Cc1ccc(C)c(S(=O)(=O)N(CCC#N)C2CC2)c1N. The second-order valence-corrected chi connectivity index (χ2v) is 7.02. The zero-order valence-corrected chi connectivity index (χ0v) is 12.6. The number of benzene rings is 1. The van der Waals surface area contributed by atoms with Gasteiger partial charge in [-0.15, -0.1) is 0 Å². The first-order valence-electron chi connectivity index (χ1n) is 6.64. The summed E-state index contributed by atoms with van der Waals surface area (Å²) in [5, 5.41) is 8.71. The lowest BCUT2D eigenvalue weighted by Gasteiger charge is -2.23. The van der Waals surface area contributed by atoms with E-state index in [-0.39, 0.29) is 23.9 Å². The molecule has 108 valence electrons. The third kappa shape index (κ3) is 2.65. The van der Waals surface area contributed by atoms with Crippen LogP contribution in [0.3, 0.4) is 0 Å². The quantitative estimate of drug-likeness (QED) is 0.841. The van der Waals surface area contributed by atoms with E-state index in [2.05, 4.69) is 0 Å². The molecule has 1 saturated carbocycles. The lowest BCUT2D eigenvalue weighted by Crippen LogP contribution is -2.35. The van der Waals surface area contributed by atoms with Crippen molar-refractivity contribution >= 4 is 15.7 Å². The van der Waals surface area contributed by atoms with Gasteiger partial charge in [0.15, 0.2) is 0 Å². The van der Waals surface area contributed by atoms with Crippen LogP contribution in [0.2, 0.25) is 0 Å². The number of nitrogens with zero attached hydrogens (tertiary/aromatic N) is 2. The van der Waals surface area contributed by atoms with Crippen molar-refractivity contribution in [2.45, 2.75) is 44.0 Å². The highest BCUT2D eigenvalue weighted by atomic mass is 32.2. The highest BCUT2D eigenvalue weighted by molar-refractivity contribution is 7.89. The summed E-state index contributed by atoms with van der Waals surface area (Å²) in [5.74, 6) is 0. The van der Waals surface area contributed by atoms with E-state index in [9.17, 15) is 8.42 Å². The molecule has 0 unspecified atom stereocenters. The van der Waals surface area contributed by atoms with Crippen molar-refractivity contribution in [3.63, 3.8) is 0 Å². The Kier molecular flexibility index (Phi) is 4.02. The van der Waals surface area contributed by atoms with Gasteiger partial charge in [-0.05, 0) is 37.8 Å². The van der Waals surface area contributed by atoms with E-state index in [0.29, 0.717) is 11.3 Å². The first kappa shape index (κ1) is 14.8. The molecule has 1 aromatic rings. The van der Waals surface area contributed by atoms with Crippen LogP contribution in [0.15, 0.2) is 17.0 Å². The molecule has 0 aromatic heterocycles. The summed E-state index contributed by atoms with van der Waals surface area (Å²) < 4.78 is 27.1. The lowest BCUT2D eigenvalue weighted by atomic mass is 10.1. The van der Waals surface area contributed by atoms with E-state index in [1.165, 1.54) is 4.31 Å². The summed E-state index contributed by atoms with van der Waals surface area (Å²) in [6, 6.07) is 5.62. The Labute approximate surface area is 120 Å². The fraction of sp³-hybridized carbons (Fsp3) is 0.500. The fourth-order valence-electron chi connectivity index (χ4n) is 2.29. The molecule has 1 aromatic carbocycles. The number of sulfonamides is 1. The summed E-state index contributed by atoms with van der Waals surface area (Å²) in [7, 11) is -3.64. The smallest absolute Gasteiger partial charge is 0.245 e. The van der Waals surface area contributed by atoms with Gasteiger partial charge in [0.1, 0.15) is 4.90 Å². The minimum absolute atomic E-state index is 0.0210. The normalized spacial score (nSPS) is 15.3. The Morgan fingerprint density at radius 3 is 2.50 bits per heavy atom. The molecule has 0 bridgehead atoms. The molecule has 1 aliphatic carbocycles. The van der Waals surface area contributed by atoms with Crippen LogP contribution in [-0.4, -0.2) is 25.3 Å². The summed E-state index contributed by atoms with van der Waals surface area (Å²) in [4.78, 5) is 0.197. The minimum Gasteiger partial charge on any atom is -0.397 e. The van der Waals surface area contributed by atoms with Gasteiger partial charge in [-0.1, -0.05) is 12.1 Å². The first-order valence-corrected chi connectivity index (χ1v) is 8.08. The molecule has 0 radical (unpaired) electrons. The van der Waals surface area contributed by atoms with Crippen molar-refractivity contribution in [2.75, 3.05) is 12.3 Å². The average Bonchev–Trinajstić information content (AvgIpc) is 3.19. The zero-order chi connectivity index (χ0) is 14.9. The van der Waals surface area contributed by atoms with Crippen LogP contribution in [0.5, 0.6) is 0 Å². The zero-order valence-electron chi connectivity index (χ0n) is 11.8. The van der Waals surface area contributed by atoms with Gasteiger partial charge in [-0.3, -0.25) is 0 Å². The molecule has 0 atom stereocenters. The summed E-state index contributed by atoms with van der Waals surface area (Å²) in [6.45, 7) is 3.78. The van der Waals surface area contributed by atoms with Gasteiger partial charge in [0.05, 0.1) is 11.8 Å². The van der Waals surface area contributed by atoms with E-state index in [1.54, 1.807) is 19.9 Å². The van der Waals surface area contributed by atoms with Gasteiger partial charge < -0.3 is 5.73 Å². The van der Waals surface area contributed by atoms with Crippen molar-refractivity contribution < 1.29 is 8.42 Å². The number of rotatable bonds is 5. The topological polar surface area (TPSA) is 87.2 Å². The molecule has 1 fully saturated rings. The molecule has 6 heteroatoms. The molecular weight excluding hydrogens is 274 g/mol. The van der Waals surface area contributed by atoms with Crippen LogP contribution >= 0.6 is 0 Å². The second-order valence-electron chi connectivity index (χ2n) is 5.20. The van der Waals surface area contributed by atoms with E-state index in [0.717, 1.165) is 18.4 Å². The molecule has 5 nitrogen and oxygen atoms in total. The number of nitriles is 1. The maximum atomic E-state index is 12.9. The lowest BCUT2D eigenvalue weighted by molar-refractivity contribution is 0.411. The summed E-state index contributed by atoms with van der Waals surface area (Å²) >= 11 is 0. The van der Waals surface area contributed by atoms with Gasteiger partial charge in [-0.2, -0.15) is 9.57 Å². The highest BCUT2D eigenvalue weighted by Crippen LogP contribution is 2.35. The van der Waals surface area contributed by atoms with Crippen LogP contribution in [0.4, 0.5) is 5.69 Å². The molecule has 1 aliphatic rings. The summed E-state index contributed by atoms with van der Waals surface area (Å²) in [6.07, 6.45) is 1.91. The number of anilines is 1. The van der Waals surface area contributed by atoms with Gasteiger partial charge in [-0.25, -0.2) is 8.42 Å². The number of hydrogen-bond donors (Lipinski definition) is 1. The van der Waals surface area contributed by atoms with Gasteiger partial charge in [0, 0.05) is 19.0 Å². The Balaban J connectivity index is 2.48. The fourth-order valence-corrected chi connectivity index (χ4v) is 4.37. The summed E-state index contributed by atoms with van der Waals surface area (Å²) in [5.41, 5.74) is 7.70. The van der Waals surface area contributed by atoms with Crippen molar-refractivity contribution in [1.29, 1.82) is 5.26 Å². The number of nitrogen functional groups attached to an aromatic ring is 1. The van der Waals surface area contributed by atoms with Crippen molar-refractivity contribution in [2.24, 2.45) is 0 Å². The van der Waals surface area contributed by atoms with Crippen molar-refractivity contribution in [3.05, 3.63) is 23.3 Å². The Morgan fingerprint density at radius 1 is 1.35 bits per heavy atom. The third-order valence-electron chi connectivity index (χ3n) is 3.58. The maximum absolute atomic E-state index is 12.9. The van der Waals surface area contributed by atoms with Crippen LogP contribution < -0.4 is 5.73 Å². The molecule has 0 aliphatic heterocycles. The molecule has 2 rings (SSSR count).